The Morgan fingerprint density at radius 3 is 2.29 bits per heavy atom. The van der Waals surface area contributed by atoms with E-state index in [2.05, 4.69) is 41.7 Å². The summed E-state index contributed by atoms with van der Waals surface area (Å²) >= 11 is 0. The molecule has 0 aromatic heterocycles. The standard InChI is InChI=1S/C19H23NO/c1-2-4-18(5-3-1)15-21-19-8-6-16(7-9-19)14-17-10-12-20-13-11-17/h1-9,17,20H,10-15H2. The van der Waals surface area contributed by atoms with Gasteiger partial charge in [-0.05, 0) is 61.5 Å². The van der Waals surface area contributed by atoms with Crippen LogP contribution in [0.25, 0.3) is 0 Å². The molecule has 2 heteroatoms. The van der Waals surface area contributed by atoms with E-state index in [0.717, 1.165) is 11.7 Å². The molecule has 2 aromatic carbocycles. The Balaban J connectivity index is 1.51. The lowest BCUT2D eigenvalue weighted by Gasteiger charge is -2.22. The molecule has 0 bridgehead atoms. The molecule has 2 aromatic rings. The number of ether oxygens (including phenoxy) is 1. The van der Waals surface area contributed by atoms with E-state index in [1.165, 1.54) is 43.5 Å². The van der Waals surface area contributed by atoms with E-state index in [9.17, 15) is 0 Å². The Morgan fingerprint density at radius 1 is 0.857 bits per heavy atom. The first-order valence-electron chi connectivity index (χ1n) is 7.86. The fourth-order valence-electron chi connectivity index (χ4n) is 2.88. The molecule has 0 radical (unpaired) electrons. The summed E-state index contributed by atoms with van der Waals surface area (Å²) < 4.78 is 5.83. The summed E-state index contributed by atoms with van der Waals surface area (Å²) in [5, 5.41) is 3.42. The maximum absolute atomic E-state index is 5.83. The molecule has 0 amide bonds. The van der Waals surface area contributed by atoms with Crippen LogP contribution in [0.4, 0.5) is 0 Å². The highest BCUT2D eigenvalue weighted by molar-refractivity contribution is 5.28. The summed E-state index contributed by atoms with van der Waals surface area (Å²) in [6.45, 7) is 2.97. The molecule has 0 aliphatic carbocycles. The quantitative estimate of drug-likeness (QED) is 0.900. The first-order chi connectivity index (χ1) is 10.4. The lowest BCUT2D eigenvalue weighted by molar-refractivity contribution is 0.306. The lowest BCUT2D eigenvalue weighted by atomic mass is 9.91. The molecular weight excluding hydrogens is 258 g/mol. The second-order valence-corrected chi connectivity index (χ2v) is 5.82. The molecule has 0 spiro atoms. The fraction of sp³-hybridized carbons (Fsp3) is 0.368. The van der Waals surface area contributed by atoms with Crippen LogP contribution in [0.1, 0.15) is 24.0 Å². The van der Waals surface area contributed by atoms with E-state index in [0.29, 0.717) is 6.61 Å². The third kappa shape index (κ3) is 4.33. The number of hydrogen-bond donors (Lipinski definition) is 1. The van der Waals surface area contributed by atoms with Gasteiger partial charge in [-0.1, -0.05) is 42.5 Å². The highest BCUT2D eigenvalue weighted by atomic mass is 16.5. The van der Waals surface area contributed by atoms with E-state index in [4.69, 9.17) is 4.74 Å². The smallest absolute Gasteiger partial charge is 0.119 e. The molecule has 1 saturated heterocycles. The molecule has 0 unspecified atom stereocenters. The summed E-state index contributed by atoms with van der Waals surface area (Å²) in [6.07, 6.45) is 3.79. The van der Waals surface area contributed by atoms with Gasteiger partial charge in [0.25, 0.3) is 0 Å². The fourth-order valence-corrected chi connectivity index (χ4v) is 2.88. The number of piperidine rings is 1. The number of rotatable bonds is 5. The average Bonchev–Trinajstić information content (AvgIpc) is 2.56. The van der Waals surface area contributed by atoms with Crippen LogP contribution in [0.2, 0.25) is 0 Å². The minimum Gasteiger partial charge on any atom is -0.489 e. The molecule has 1 aliphatic rings. The van der Waals surface area contributed by atoms with Gasteiger partial charge in [-0.2, -0.15) is 0 Å². The summed E-state index contributed by atoms with van der Waals surface area (Å²) in [5.41, 5.74) is 2.63. The molecule has 1 fully saturated rings. The van der Waals surface area contributed by atoms with Gasteiger partial charge in [-0.3, -0.25) is 0 Å². The molecule has 1 aliphatic heterocycles. The van der Waals surface area contributed by atoms with Crippen molar-refractivity contribution in [1.29, 1.82) is 0 Å². The van der Waals surface area contributed by atoms with Crippen molar-refractivity contribution in [3.05, 3.63) is 65.7 Å². The maximum atomic E-state index is 5.83. The first kappa shape index (κ1) is 14.2. The van der Waals surface area contributed by atoms with Gasteiger partial charge in [0.15, 0.2) is 0 Å². The van der Waals surface area contributed by atoms with Crippen molar-refractivity contribution in [3.8, 4) is 5.75 Å². The van der Waals surface area contributed by atoms with Gasteiger partial charge in [0.2, 0.25) is 0 Å². The number of hydrogen-bond acceptors (Lipinski definition) is 2. The van der Waals surface area contributed by atoms with Gasteiger partial charge < -0.3 is 10.1 Å². The Labute approximate surface area is 127 Å². The van der Waals surface area contributed by atoms with Crippen LogP contribution < -0.4 is 10.1 Å². The van der Waals surface area contributed by atoms with Crippen molar-refractivity contribution in [3.63, 3.8) is 0 Å². The number of nitrogens with one attached hydrogen (secondary N) is 1. The normalized spacial score (nSPS) is 15.8. The third-order valence-electron chi connectivity index (χ3n) is 4.15. The van der Waals surface area contributed by atoms with Crippen molar-refractivity contribution in [2.45, 2.75) is 25.9 Å². The van der Waals surface area contributed by atoms with E-state index < -0.39 is 0 Å². The summed E-state index contributed by atoms with van der Waals surface area (Å²) in [7, 11) is 0. The van der Waals surface area contributed by atoms with Gasteiger partial charge >= 0.3 is 0 Å². The van der Waals surface area contributed by atoms with Gasteiger partial charge in [0.1, 0.15) is 12.4 Å². The van der Waals surface area contributed by atoms with Crippen molar-refractivity contribution < 1.29 is 4.74 Å². The molecular formula is C19H23NO. The van der Waals surface area contributed by atoms with Crippen molar-refractivity contribution in [2.75, 3.05) is 13.1 Å². The Hall–Kier alpha value is -1.80. The van der Waals surface area contributed by atoms with Gasteiger partial charge in [-0.25, -0.2) is 0 Å². The highest BCUT2D eigenvalue weighted by Gasteiger charge is 2.13. The average molecular weight is 281 g/mol. The number of benzene rings is 2. The summed E-state index contributed by atoms with van der Waals surface area (Å²) in [5.74, 6) is 1.79. The SMILES string of the molecule is c1ccc(COc2ccc(CC3CCNCC3)cc2)cc1. The monoisotopic (exact) mass is 281 g/mol. The van der Waals surface area contributed by atoms with E-state index in [1.54, 1.807) is 0 Å². The maximum Gasteiger partial charge on any atom is 0.119 e. The third-order valence-corrected chi connectivity index (χ3v) is 4.15. The van der Waals surface area contributed by atoms with Crippen molar-refractivity contribution in [1.82, 2.24) is 5.32 Å². The van der Waals surface area contributed by atoms with Crippen LogP contribution in [-0.4, -0.2) is 13.1 Å². The van der Waals surface area contributed by atoms with Crippen molar-refractivity contribution in [2.24, 2.45) is 5.92 Å². The van der Waals surface area contributed by atoms with E-state index in [-0.39, 0.29) is 0 Å². The highest BCUT2D eigenvalue weighted by Crippen LogP contribution is 2.20. The van der Waals surface area contributed by atoms with E-state index in [1.807, 2.05) is 18.2 Å². The molecule has 3 rings (SSSR count). The molecule has 0 saturated carbocycles. The molecule has 0 atom stereocenters. The van der Waals surface area contributed by atoms with Crippen LogP contribution in [0.15, 0.2) is 54.6 Å². The van der Waals surface area contributed by atoms with Crippen LogP contribution in [-0.2, 0) is 13.0 Å². The Bertz CT molecular complexity index is 529. The van der Waals surface area contributed by atoms with Crippen molar-refractivity contribution >= 4 is 0 Å². The van der Waals surface area contributed by atoms with Gasteiger partial charge in [0.05, 0.1) is 0 Å². The topological polar surface area (TPSA) is 21.3 Å². The van der Waals surface area contributed by atoms with Crippen LogP contribution >= 0.6 is 0 Å². The molecule has 1 heterocycles. The second kappa shape index (κ2) is 7.28. The Morgan fingerprint density at radius 2 is 1.57 bits per heavy atom. The zero-order valence-electron chi connectivity index (χ0n) is 12.4. The summed E-state index contributed by atoms with van der Waals surface area (Å²) in [6, 6.07) is 18.9. The van der Waals surface area contributed by atoms with Crippen LogP contribution in [0, 0.1) is 5.92 Å². The summed E-state index contributed by atoms with van der Waals surface area (Å²) in [4.78, 5) is 0. The first-order valence-corrected chi connectivity index (χ1v) is 7.86. The van der Waals surface area contributed by atoms with E-state index >= 15 is 0 Å². The van der Waals surface area contributed by atoms with Crippen LogP contribution in [0.5, 0.6) is 5.75 Å². The second-order valence-electron chi connectivity index (χ2n) is 5.82. The lowest BCUT2D eigenvalue weighted by Crippen LogP contribution is -2.28. The molecule has 2 nitrogen and oxygen atoms in total. The molecule has 21 heavy (non-hydrogen) atoms. The minimum atomic E-state index is 0.633. The predicted octanol–water partition coefficient (Wildman–Crippen LogP) is 3.81. The zero-order chi connectivity index (χ0) is 14.3. The zero-order valence-corrected chi connectivity index (χ0v) is 12.4. The predicted molar refractivity (Wildman–Crippen MR) is 86.5 cm³/mol. The largest absolute Gasteiger partial charge is 0.489 e. The van der Waals surface area contributed by atoms with Gasteiger partial charge in [0, 0.05) is 0 Å². The Kier molecular flexibility index (Phi) is 4.90. The minimum absolute atomic E-state index is 0.633. The molecule has 1 N–H and O–H groups in total. The molecule has 110 valence electrons. The van der Waals surface area contributed by atoms with Gasteiger partial charge in [-0.15, -0.1) is 0 Å². The van der Waals surface area contributed by atoms with Crippen LogP contribution in [0.3, 0.4) is 0 Å².